The number of ether oxygens (including phenoxy) is 3. The zero-order chi connectivity index (χ0) is 22.3. The molecule has 2 rings (SSSR count). The maximum absolute atomic E-state index is 12.0. The number of anilines is 1. The van der Waals surface area contributed by atoms with Gasteiger partial charge in [-0.1, -0.05) is 25.1 Å². The largest absolute Gasteiger partial charge is 0.493 e. The van der Waals surface area contributed by atoms with Crippen molar-refractivity contribution < 1.29 is 24.1 Å². The molecule has 0 saturated carbocycles. The molecule has 2 atom stereocenters. The van der Waals surface area contributed by atoms with E-state index in [4.69, 9.17) is 14.2 Å². The maximum atomic E-state index is 12.0. The number of aromatic nitrogens is 1. The Balaban J connectivity index is 2.07. The first kappa shape index (κ1) is 23.3. The molecule has 0 fully saturated rings. The van der Waals surface area contributed by atoms with Gasteiger partial charge in [0.2, 0.25) is 5.88 Å². The van der Waals surface area contributed by atoms with Crippen molar-refractivity contribution in [2.24, 2.45) is 0 Å². The molecular formula is C22H31N3O5. The SMILES string of the molecule is CC[C@@H](NC(=O)OC(C)(C)C)C(O)Nc1cccc(Oc2cccc(C)c2OC)n1. The maximum Gasteiger partial charge on any atom is 0.408 e. The lowest BCUT2D eigenvalue weighted by Gasteiger charge is -2.26. The van der Waals surface area contributed by atoms with E-state index in [-0.39, 0.29) is 0 Å². The lowest BCUT2D eigenvalue weighted by atomic mass is 10.2. The molecule has 1 amide bonds. The number of hydrogen-bond acceptors (Lipinski definition) is 7. The molecule has 1 unspecified atom stereocenters. The Labute approximate surface area is 177 Å². The van der Waals surface area contributed by atoms with Crippen molar-refractivity contribution in [3.05, 3.63) is 42.0 Å². The molecule has 0 saturated heterocycles. The Morgan fingerprint density at radius 1 is 1.20 bits per heavy atom. The van der Waals surface area contributed by atoms with E-state index in [1.165, 1.54) is 0 Å². The Hall–Kier alpha value is -3.00. The fourth-order valence-corrected chi connectivity index (χ4v) is 2.75. The van der Waals surface area contributed by atoms with E-state index in [2.05, 4.69) is 15.6 Å². The van der Waals surface area contributed by atoms with Crippen LogP contribution in [0.1, 0.15) is 39.7 Å². The minimum atomic E-state index is -1.07. The summed E-state index contributed by atoms with van der Waals surface area (Å²) in [6.45, 7) is 9.11. The van der Waals surface area contributed by atoms with Gasteiger partial charge in [-0.05, 0) is 51.8 Å². The second kappa shape index (κ2) is 10.2. The fraction of sp³-hybridized carbons (Fsp3) is 0.455. The molecule has 2 aromatic rings. The molecule has 1 aromatic carbocycles. The number of aliphatic hydroxyl groups excluding tert-OH is 1. The lowest BCUT2D eigenvalue weighted by Crippen LogP contribution is -2.48. The molecule has 3 N–H and O–H groups in total. The first-order chi connectivity index (χ1) is 14.1. The van der Waals surface area contributed by atoms with E-state index >= 15 is 0 Å². The molecular weight excluding hydrogens is 386 g/mol. The number of rotatable bonds is 8. The number of alkyl carbamates (subject to hydrolysis) is 1. The number of para-hydroxylation sites is 1. The molecule has 8 nitrogen and oxygen atoms in total. The molecule has 8 heteroatoms. The van der Waals surface area contributed by atoms with Crippen molar-refractivity contribution in [1.29, 1.82) is 0 Å². The van der Waals surface area contributed by atoms with Gasteiger partial charge in [-0.15, -0.1) is 0 Å². The van der Waals surface area contributed by atoms with Gasteiger partial charge < -0.3 is 30.0 Å². The highest BCUT2D eigenvalue weighted by Crippen LogP contribution is 2.33. The number of carbonyl (C=O) groups is 1. The average Bonchev–Trinajstić information content (AvgIpc) is 2.65. The molecule has 1 heterocycles. The standard InChI is InChI=1S/C22H31N3O5/c1-7-15(23-21(27)30-22(3,4)5)20(26)25-17-12-9-13-18(24-17)29-16-11-8-10-14(2)19(16)28-6/h8-13,15,20,26H,7H2,1-6H3,(H,23,27)(H,24,25)/t15-,20?/m1/s1. The smallest absolute Gasteiger partial charge is 0.408 e. The summed E-state index contributed by atoms with van der Waals surface area (Å²) in [5, 5.41) is 16.1. The van der Waals surface area contributed by atoms with Crippen LogP contribution in [0.3, 0.4) is 0 Å². The molecule has 0 aliphatic heterocycles. The predicted molar refractivity (Wildman–Crippen MR) is 115 cm³/mol. The van der Waals surface area contributed by atoms with Gasteiger partial charge in [0.25, 0.3) is 0 Å². The number of benzene rings is 1. The van der Waals surface area contributed by atoms with E-state index in [0.29, 0.717) is 29.6 Å². The fourth-order valence-electron chi connectivity index (χ4n) is 2.75. The summed E-state index contributed by atoms with van der Waals surface area (Å²) in [6.07, 6.45) is -1.17. The van der Waals surface area contributed by atoms with Crippen LogP contribution < -0.4 is 20.1 Å². The van der Waals surface area contributed by atoms with Crippen LogP contribution in [-0.4, -0.2) is 41.2 Å². The van der Waals surface area contributed by atoms with Gasteiger partial charge in [0.05, 0.1) is 13.2 Å². The number of aryl methyl sites for hydroxylation is 1. The Kier molecular flexibility index (Phi) is 7.88. The zero-order valence-corrected chi connectivity index (χ0v) is 18.4. The van der Waals surface area contributed by atoms with Gasteiger partial charge in [-0.25, -0.2) is 4.79 Å². The van der Waals surface area contributed by atoms with Gasteiger partial charge in [0.15, 0.2) is 11.5 Å². The number of pyridine rings is 1. The summed E-state index contributed by atoms with van der Waals surface area (Å²) in [7, 11) is 1.58. The van der Waals surface area contributed by atoms with Gasteiger partial charge in [-0.3, -0.25) is 0 Å². The number of nitrogens with zero attached hydrogens (tertiary/aromatic N) is 1. The Bertz CT molecular complexity index is 851. The molecule has 30 heavy (non-hydrogen) atoms. The van der Waals surface area contributed by atoms with Crippen LogP contribution in [0.15, 0.2) is 36.4 Å². The van der Waals surface area contributed by atoms with Crippen LogP contribution in [0.2, 0.25) is 0 Å². The third-order valence-electron chi connectivity index (χ3n) is 4.14. The number of carbonyl (C=O) groups excluding carboxylic acids is 1. The van der Waals surface area contributed by atoms with Crippen molar-refractivity contribution in [2.75, 3.05) is 12.4 Å². The van der Waals surface area contributed by atoms with E-state index in [1.807, 2.05) is 26.0 Å². The monoisotopic (exact) mass is 417 g/mol. The summed E-state index contributed by atoms with van der Waals surface area (Å²) >= 11 is 0. The number of hydrogen-bond donors (Lipinski definition) is 3. The van der Waals surface area contributed by atoms with E-state index < -0.39 is 24.0 Å². The molecule has 0 bridgehead atoms. The lowest BCUT2D eigenvalue weighted by molar-refractivity contribution is 0.0441. The molecule has 0 aliphatic rings. The Morgan fingerprint density at radius 3 is 2.53 bits per heavy atom. The van der Waals surface area contributed by atoms with Crippen LogP contribution >= 0.6 is 0 Å². The highest BCUT2D eigenvalue weighted by Gasteiger charge is 2.23. The van der Waals surface area contributed by atoms with Gasteiger partial charge in [-0.2, -0.15) is 4.98 Å². The number of nitrogens with one attached hydrogen (secondary N) is 2. The number of methoxy groups -OCH3 is 1. The molecule has 164 valence electrons. The quantitative estimate of drug-likeness (QED) is 0.553. The van der Waals surface area contributed by atoms with Crippen molar-refractivity contribution in [1.82, 2.24) is 10.3 Å². The number of aliphatic hydroxyl groups is 1. The normalized spacial score (nSPS) is 13.2. The summed E-state index contributed by atoms with van der Waals surface area (Å²) < 4.78 is 16.5. The first-order valence-electron chi connectivity index (χ1n) is 9.85. The minimum Gasteiger partial charge on any atom is -0.493 e. The van der Waals surface area contributed by atoms with Crippen molar-refractivity contribution >= 4 is 11.9 Å². The second-order valence-corrected chi connectivity index (χ2v) is 7.82. The van der Waals surface area contributed by atoms with E-state index in [9.17, 15) is 9.90 Å². The van der Waals surface area contributed by atoms with Crippen molar-refractivity contribution in [2.45, 2.75) is 58.9 Å². The topological polar surface area (TPSA) is 102 Å². The van der Waals surface area contributed by atoms with E-state index in [0.717, 1.165) is 5.56 Å². The van der Waals surface area contributed by atoms with Crippen LogP contribution in [0.4, 0.5) is 10.6 Å². The third-order valence-corrected chi connectivity index (χ3v) is 4.14. The van der Waals surface area contributed by atoms with Gasteiger partial charge in [0, 0.05) is 6.07 Å². The second-order valence-electron chi connectivity index (χ2n) is 7.82. The molecule has 0 radical (unpaired) electrons. The highest BCUT2D eigenvalue weighted by molar-refractivity contribution is 5.68. The van der Waals surface area contributed by atoms with Crippen molar-refractivity contribution in [3.63, 3.8) is 0 Å². The first-order valence-corrected chi connectivity index (χ1v) is 9.85. The van der Waals surface area contributed by atoms with Crippen LogP contribution in [-0.2, 0) is 4.74 Å². The van der Waals surface area contributed by atoms with Crippen molar-refractivity contribution in [3.8, 4) is 17.4 Å². The molecule has 0 spiro atoms. The van der Waals surface area contributed by atoms with Crippen LogP contribution in [0.5, 0.6) is 17.4 Å². The van der Waals surface area contributed by atoms with E-state index in [1.54, 1.807) is 52.1 Å². The predicted octanol–water partition coefficient (Wildman–Crippen LogP) is 4.22. The summed E-state index contributed by atoms with van der Waals surface area (Å²) in [4.78, 5) is 16.4. The zero-order valence-electron chi connectivity index (χ0n) is 18.4. The molecule has 1 aromatic heterocycles. The minimum absolute atomic E-state index is 0.337. The van der Waals surface area contributed by atoms with Gasteiger partial charge >= 0.3 is 6.09 Å². The summed E-state index contributed by atoms with van der Waals surface area (Å²) in [5.41, 5.74) is 0.323. The summed E-state index contributed by atoms with van der Waals surface area (Å²) in [6, 6.07) is 10.2. The summed E-state index contributed by atoms with van der Waals surface area (Å²) in [5.74, 6) is 1.91. The van der Waals surface area contributed by atoms with Crippen LogP contribution in [0, 0.1) is 6.92 Å². The third kappa shape index (κ3) is 6.81. The number of amides is 1. The highest BCUT2D eigenvalue weighted by atomic mass is 16.6. The molecule has 0 aliphatic carbocycles. The van der Waals surface area contributed by atoms with Gasteiger partial charge in [0.1, 0.15) is 17.6 Å². The average molecular weight is 418 g/mol. The van der Waals surface area contributed by atoms with Crippen LogP contribution in [0.25, 0.3) is 0 Å². The Morgan fingerprint density at radius 2 is 1.90 bits per heavy atom.